The molecule has 0 saturated carbocycles. The van der Waals surface area contributed by atoms with Crippen molar-refractivity contribution >= 4 is 17.4 Å². The summed E-state index contributed by atoms with van der Waals surface area (Å²) < 4.78 is 10.2. The Labute approximate surface area is 185 Å². The molecule has 2 bridgehead atoms. The first-order valence-corrected chi connectivity index (χ1v) is 10.6. The van der Waals surface area contributed by atoms with Crippen LogP contribution in [0.15, 0.2) is 42.7 Å². The van der Waals surface area contributed by atoms with Crippen molar-refractivity contribution in [2.75, 3.05) is 5.73 Å². The Kier molecular flexibility index (Phi) is 4.70. The molecular formula is C23H23ClN6O. The Morgan fingerprint density at radius 1 is 1.23 bits per heavy atom. The van der Waals surface area contributed by atoms with Gasteiger partial charge in [0.05, 0.1) is 23.3 Å². The van der Waals surface area contributed by atoms with Crippen molar-refractivity contribution in [1.29, 1.82) is 0 Å². The minimum Gasteiger partial charge on any atom is -0.482 e. The molecule has 0 aliphatic carbocycles. The van der Waals surface area contributed by atoms with Crippen molar-refractivity contribution in [3.8, 4) is 22.7 Å². The van der Waals surface area contributed by atoms with E-state index in [4.69, 9.17) is 22.1 Å². The van der Waals surface area contributed by atoms with E-state index in [0.717, 1.165) is 45.9 Å². The molecule has 1 atom stereocenters. The summed E-state index contributed by atoms with van der Waals surface area (Å²) in [4.78, 5) is 4.41. The Bertz CT molecular complexity index is 1290. The molecule has 0 amide bonds. The van der Waals surface area contributed by atoms with Gasteiger partial charge in [0, 0.05) is 35.9 Å². The molecule has 3 aromatic heterocycles. The summed E-state index contributed by atoms with van der Waals surface area (Å²) in [6.45, 7) is 6.85. The van der Waals surface area contributed by atoms with Crippen molar-refractivity contribution in [3.63, 3.8) is 0 Å². The first-order chi connectivity index (χ1) is 14.9. The quantitative estimate of drug-likeness (QED) is 0.467. The molecule has 7 nitrogen and oxygen atoms in total. The maximum Gasteiger partial charge on any atom is 0.166 e. The summed E-state index contributed by atoms with van der Waals surface area (Å²) in [5.74, 6) is 0.903. The summed E-state index contributed by atoms with van der Waals surface area (Å²) in [7, 11) is 0. The molecule has 31 heavy (non-hydrogen) atoms. The van der Waals surface area contributed by atoms with Gasteiger partial charge >= 0.3 is 0 Å². The lowest BCUT2D eigenvalue weighted by Crippen LogP contribution is -2.13. The molecule has 0 spiro atoms. The third-order valence-electron chi connectivity index (χ3n) is 5.65. The second-order valence-electron chi connectivity index (χ2n) is 7.81. The van der Waals surface area contributed by atoms with Gasteiger partial charge in [-0.2, -0.15) is 10.2 Å². The van der Waals surface area contributed by atoms with E-state index in [1.807, 2.05) is 34.6 Å². The monoisotopic (exact) mass is 434 g/mol. The third kappa shape index (κ3) is 3.35. The maximum absolute atomic E-state index is 6.36. The molecule has 0 radical (unpaired) electrons. The van der Waals surface area contributed by atoms with Crippen molar-refractivity contribution < 1.29 is 4.74 Å². The van der Waals surface area contributed by atoms with Crippen LogP contribution in [-0.2, 0) is 13.0 Å². The number of fused-ring (bicyclic) bond motifs is 7. The number of hydrogen-bond donors (Lipinski definition) is 1. The number of aryl methyl sites for hydroxylation is 2. The lowest BCUT2D eigenvalue weighted by molar-refractivity contribution is 0.227. The number of nitrogens with zero attached hydrogens (tertiary/aromatic N) is 5. The van der Waals surface area contributed by atoms with Crippen LogP contribution in [0.4, 0.5) is 5.82 Å². The Balaban J connectivity index is 1.81. The number of ether oxygens (including phenoxy) is 1. The molecule has 158 valence electrons. The zero-order valence-corrected chi connectivity index (χ0v) is 18.4. The fraction of sp³-hybridized carbons (Fsp3) is 0.261. The fourth-order valence-corrected chi connectivity index (χ4v) is 4.37. The van der Waals surface area contributed by atoms with Gasteiger partial charge in [-0.15, -0.1) is 0 Å². The Hall–Kier alpha value is -3.32. The van der Waals surface area contributed by atoms with Crippen molar-refractivity contribution in [2.45, 2.75) is 39.8 Å². The number of halogens is 1. The van der Waals surface area contributed by atoms with Crippen LogP contribution in [0.25, 0.3) is 16.9 Å². The second kappa shape index (κ2) is 7.42. The van der Waals surface area contributed by atoms with Crippen molar-refractivity contribution in [2.24, 2.45) is 0 Å². The largest absolute Gasteiger partial charge is 0.482 e. The third-order valence-corrected chi connectivity index (χ3v) is 5.83. The SMILES string of the molecule is CCn1ncc2c1-c1cnc(N)c(c1)O[C@H](C)c1cc(C)ccc1-n1nc(Cl)cc1C2. The van der Waals surface area contributed by atoms with Crippen molar-refractivity contribution in [3.05, 3.63) is 70.3 Å². The Morgan fingerprint density at radius 2 is 2.06 bits per heavy atom. The fourth-order valence-electron chi connectivity index (χ4n) is 4.17. The number of aromatic nitrogens is 5. The molecule has 4 aromatic rings. The molecule has 4 heterocycles. The number of pyridine rings is 1. The Morgan fingerprint density at radius 3 is 2.87 bits per heavy atom. The predicted octanol–water partition coefficient (Wildman–Crippen LogP) is 4.74. The van der Waals surface area contributed by atoms with Gasteiger partial charge < -0.3 is 10.5 Å². The summed E-state index contributed by atoms with van der Waals surface area (Å²) in [5.41, 5.74) is 13.2. The topological polar surface area (TPSA) is 83.8 Å². The smallest absolute Gasteiger partial charge is 0.166 e. The van der Waals surface area contributed by atoms with Crippen LogP contribution in [0.1, 0.15) is 42.3 Å². The number of nitrogen functional groups attached to an aromatic ring is 1. The van der Waals surface area contributed by atoms with Crippen LogP contribution in [0, 0.1) is 6.92 Å². The predicted molar refractivity (Wildman–Crippen MR) is 121 cm³/mol. The molecule has 1 aliphatic heterocycles. The number of benzene rings is 1. The van der Waals surface area contributed by atoms with Gasteiger partial charge in [-0.3, -0.25) is 4.68 Å². The number of nitrogens with two attached hydrogens (primary N) is 1. The molecule has 2 N–H and O–H groups in total. The molecule has 1 aromatic carbocycles. The lowest BCUT2D eigenvalue weighted by Gasteiger charge is -2.22. The number of rotatable bonds is 1. The van der Waals surface area contributed by atoms with Gasteiger partial charge in [-0.05, 0) is 39.0 Å². The van der Waals surface area contributed by atoms with Gasteiger partial charge in [0.2, 0.25) is 0 Å². The van der Waals surface area contributed by atoms with E-state index < -0.39 is 0 Å². The second-order valence-corrected chi connectivity index (χ2v) is 8.20. The molecule has 5 rings (SSSR count). The zero-order valence-electron chi connectivity index (χ0n) is 17.6. The van der Waals surface area contributed by atoms with E-state index in [1.165, 1.54) is 0 Å². The van der Waals surface area contributed by atoms with Gasteiger partial charge in [0.15, 0.2) is 16.7 Å². The highest BCUT2D eigenvalue weighted by molar-refractivity contribution is 6.29. The van der Waals surface area contributed by atoms with E-state index in [1.54, 1.807) is 6.20 Å². The standard InChI is InChI=1S/C23H23ClN6O/c1-4-29-22-15(12-27-29)8-17-10-21(24)28-30(17)19-6-5-13(2)7-18(19)14(3)31-20-9-16(22)11-26-23(20)25/h5-7,9-12,14H,4,8H2,1-3H3,(H2,25,26)/t14-/m1/s1. The summed E-state index contributed by atoms with van der Waals surface area (Å²) >= 11 is 6.36. The molecule has 0 unspecified atom stereocenters. The molecule has 0 saturated heterocycles. The summed E-state index contributed by atoms with van der Waals surface area (Å²) in [6, 6.07) is 10.1. The molecule has 8 heteroatoms. The van der Waals surface area contributed by atoms with Crippen LogP contribution in [0.3, 0.4) is 0 Å². The van der Waals surface area contributed by atoms with Crippen LogP contribution >= 0.6 is 11.6 Å². The minimum atomic E-state index is -0.278. The highest BCUT2D eigenvalue weighted by Crippen LogP contribution is 2.36. The lowest BCUT2D eigenvalue weighted by atomic mass is 10.0. The molecular weight excluding hydrogens is 412 g/mol. The first-order valence-electron chi connectivity index (χ1n) is 10.3. The minimum absolute atomic E-state index is 0.278. The average molecular weight is 435 g/mol. The number of anilines is 1. The van der Waals surface area contributed by atoms with Gasteiger partial charge in [0.25, 0.3) is 0 Å². The zero-order chi connectivity index (χ0) is 21.7. The van der Waals surface area contributed by atoms with E-state index in [9.17, 15) is 0 Å². The molecule has 1 aliphatic rings. The van der Waals surface area contributed by atoms with E-state index in [-0.39, 0.29) is 6.10 Å². The maximum atomic E-state index is 6.36. The molecule has 0 fully saturated rings. The summed E-state index contributed by atoms with van der Waals surface area (Å²) in [5, 5.41) is 9.63. The number of hydrogen-bond acceptors (Lipinski definition) is 5. The van der Waals surface area contributed by atoms with Crippen LogP contribution < -0.4 is 10.5 Å². The first kappa shape index (κ1) is 19.6. The summed E-state index contributed by atoms with van der Waals surface area (Å²) in [6.07, 6.45) is 4.01. The van der Waals surface area contributed by atoms with E-state index >= 15 is 0 Å². The highest BCUT2D eigenvalue weighted by atomic mass is 35.5. The van der Waals surface area contributed by atoms with Crippen molar-refractivity contribution in [1.82, 2.24) is 24.5 Å². The average Bonchev–Trinajstić information content (AvgIpc) is 3.32. The van der Waals surface area contributed by atoms with Gasteiger partial charge in [-0.25, -0.2) is 9.67 Å². The highest BCUT2D eigenvalue weighted by Gasteiger charge is 2.23. The van der Waals surface area contributed by atoms with E-state index in [0.29, 0.717) is 23.1 Å². The van der Waals surface area contributed by atoms with Crippen LogP contribution in [0.2, 0.25) is 5.15 Å². The van der Waals surface area contributed by atoms with Gasteiger partial charge in [-0.1, -0.05) is 29.3 Å². The van der Waals surface area contributed by atoms with Crippen LogP contribution in [-0.4, -0.2) is 24.5 Å². The van der Waals surface area contributed by atoms with Crippen LogP contribution in [0.5, 0.6) is 5.75 Å². The van der Waals surface area contributed by atoms with E-state index in [2.05, 4.69) is 47.2 Å². The van der Waals surface area contributed by atoms with Gasteiger partial charge in [0.1, 0.15) is 6.10 Å². The normalized spacial score (nSPS) is 15.2.